The minimum absolute atomic E-state index is 0.00207. The Labute approximate surface area is 224 Å². The van der Waals surface area contributed by atoms with Gasteiger partial charge in [0.25, 0.3) is 5.91 Å². The van der Waals surface area contributed by atoms with Crippen molar-refractivity contribution in [2.24, 2.45) is 10.1 Å². The molecule has 3 aromatic rings. The van der Waals surface area contributed by atoms with Gasteiger partial charge in [0.1, 0.15) is 11.0 Å². The van der Waals surface area contributed by atoms with E-state index in [-0.39, 0.29) is 24.3 Å². The summed E-state index contributed by atoms with van der Waals surface area (Å²) in [5, 5.41) is 9.99. The maximum absolute atomic E-state index is 12.8. The summed E-state index contributed by atoms with van der Waals surface area (Å²) in [6.45, 7) is 2.04. The minimum atomic E-state index is -0.626. The van der Waals surface area contributed by atoms with Crippen LogP contribution < -0.4 is 10.1 Å². The zero-order valence-electron chi connectivity index (χ0n) is 20.3. The van der Waals surface area contributed by atoms with Gasteiger partial charge in [-0.05, 0) is 42.3 Å². The average molecular weight is 533 g/mol. The number of ether oxygens (including phenoxy) is 1. The van der Waals surface area contributed by atoms with Crippen molar-refractivity contribution in [2.75, 3.05) is 12.4 Å². The lowest BCUT2D eigenvalue weighted by Gasteiger charge is -2.23. The van der Waals surface area contributed by atoms with Crippen LogP contribution in [-0.2, 0) is 9.59 Å². The molecule has 0 saturated heterocycles. The highest BCUT2D eigenvalue weighted by Crippen LogP contribution is 2.39. The number of thioether (sulfide) groups is 1. The van der Waals surface area contributed by atoms with Crippen LogP contribution in [0.2, 0.25) is 5.02 Å². The van der Waals surface area contributed by atoms with Gasteiger partial charge in [0.05, 0.1) is 18.9 Å². The Kier molecular flexibility index (Phi) is 7.30. The average Bonchev–Trinajstić information content (AvgIpc) is 3.48. The molecule has 0 fully saturated rings. The second kappa shape index (κ2) is 10.8. The molecule has 2 aliphatic heterocycles. The first-order valence-electron chi connectivity index (χ1n) is 11.8. The fraction of sp³-hybridized carbons (Fsp3) is 0.214. The van der Waals surface area contributed by atoms with Crippen LogP contribution in [0.15, 0.2) is 82.9 Å². The predicted molar refractivity (Wildman–Crippen MR) is 148 cm³/mol. The summed E-state index contributed by atoms with van der Waals surface area (Å²) in [6, 6.07) is 22.8. The zero-order chi connectivity index (χ0) is 25.9. The third kappa shape index (κ3) is 5.70. The Morgan fingerprint density at radius 1 is 1.14 bits per heavy atom. The van der Waals surface area contributed by atoms with Crippen LogP contribution in [0.4, 0.5) is 5.69 Å². The number of hydrogen-bond acceptors (Lipinski definition) is 6. The topological polar surface area (TPSA) is 83.4 Å². The molecule has 1 N–H and O–H groups in total. The first-order chi connectivity index (χ1) is 17.9. The lowest BCUT2D eigenvalue weighted by molar-refractivity contribution is -0.121. The number of aliphatic imine (C=N–C) groups is 1. The minimum Gasteiger partial charge on any atom is -0.497 e. The molecule has 2 amide bonds. The normalized spacial score (nSPS) is 19.0. The standard InChI is InChI=1S/C28H25ClN4O3S/c1-17-9-11-18(12-10-17)23-15-24(19-5-3-6-20(29)13-19)33(32-23)28-31-27(35)25(37-28)16-26(34)30-21-7-4-8-22(14-21)36-2/h3-14,24-25H,15-16H2,1-2H3,(H,30,34)/t24-,25-/m1/s1. The number of hydrazone groups is 1. The summed E-state index contributed by atoms with van der Waals surface area (Å²) in [6.07, 6.45) is 0.635. The summed E-state index contributed by atoms with van der Waals surface area (Å²) in [7, 11) is 1.56. The number of carbonyl (C=O) groups excluding carboxylic acids is 2. The number of halogens is 1. The fourth-order valence-corrected chi connectivity index (χ4v) is 5.53. The highest BCUT2D eigenvalue weighted by molar-refractivity contribution is 8.15. The second-order valence-electron chi connectivity index (χ2n) is 8.86. The molecule has 0 bridgehead atoms. The second-order valence-corrected chi connectivity index (χ2v) is 10.5. The lowest BCUT2D eigenvalue weighted by Crippen LogP contribution is -2.25. The van der Waals surface area contributed by atoms with Crippen molar-refractivity contribution in [3.8, 4) is 5.75 Å². The Hall–Kier alpha value is -3.62. The largest absolute Gasteiger partial charge is 0.497 e. The van der Waals surface area contributed by atoms with E-state index in [2.05, 4.69) is 22.4 Å². The van der Waals surface area contributed by atoms with Gasteiger partial charge in [0, 0.05) is 29.6 Å². The molecular formula is C28H25ClN4O3S. The van der Waals surface area contributed by atoms with E-state index in [0.29, 0.717) is 28.0 Å². The van der Waals surface area contributed by atoms with Crippen LogP contribution in [0, 0.1) is 6.92 Å². The van der Waals surface area contributed by atoms with Crippen molar-refractivity contribution in [3.05, 3.63) is 94.5 Å². The molecule has 188 valence electrons. The number of amidine groups is 1. The number of nitrogens with zero attached hydrogens (tertiary/aromatic N) is 3. The SMILES string of the molecule is COc1cccc(NC(=O)C[C@H]2SC(N3N=C(c4ccc(C)cc4)C[C@@H]3c3cccc(Cl)c3)=NC2=O)c1. The Balaban J connectivity index is 1.34. The van der Waals surface area contributed by atoms with E-state index < -0.39 is 5.25 Å². The monoisotopic (exact) mass is 532 g/mol. The summed E-state index contributed by atoms with van der Waals surface area (Å²) in [4.78, 5) is 29.8. The molecule has 2 atom stereocenters. The van der Waals surface area contributed by atoms with E-state index in [1.807, 2.05) is 43.3 Å². The van der Waals surface area contributed by atoms with Crippen molar-refractivity contribution >= 4 is 51.7 Å². The number of anilines is 1. The zero-order valence-corrected chi connectivity index (χ0v) is 21.9. The van der Waals surface area contributed by atoms with Gasteiger partial charge >= 0.3 is 0 Å². The smallest absolute Gasteiger partial charge is 0.262 e. The van der Waals surface area contributed by atoms with E-state index in [0.717, 1.165) is 16.8 Å². The van der Waals surface area contributed by atoms with Crippen molar-refractivity contribution in [2.45, 2.75) is 31.1 Å². The lowest BCUT2D eigenvalue weighted by atomic mass is 9.98. The molecule has 0 spiro atoms. The summed E-state index contributed by atoms with van der Waals surface area (Å²) < 4.78 is 5.20. The maximum Gasteiger partial charge on any atom is 0.262 e. The van der Waals surface area contributed by atoms with Crippen LogP contribution in [0.3, 0.4) is 0 Å². The Bertz CT molecular complexity index is 1410. The summed E-state index contributed by atoms with van der Waals surface area (Å²) in [5.41, 5.74) is 4.67. The van der Waals surface area contributed by atoms with Crippen LogP contribution in [0.5, 0.6) is 5.75 Å². The van der Waals surface area contributed by atoms with E-state index in [1.54, 1.807) is 36.4 Å². The number of benzene rings is 3. The van der Waals surface area contributed by atoms with Crippen LogP contribution in [0.25, 0.3) is 0 Å². The van der Waals surface area contributed by atoms with Gasteiger partial charge in [-0.25, -0.2) is 5.01 Å². The summed E-state index contributed by atoms with van der Waals surface area (Å²) in [5.74, 6) is 0.0231. The van der Waals surface area contributed by atoms with E-state index in [9.17, 15) is 9.59 Å². The number of rotatable bonds is 6. The molecule has 5 rings (SSSR count). The van der Waals surface area contributed by atoms with Crippen molar-refractivity contribution in [1.29, 1.82) is 0 Å². The first kappa shape index (κ1) is 25.0. The Morgan fingerprint density at radius 3 is 2.68 bits per heavy atom. The molecule has 0 unspecified atom stereocenters. The highest BCUT2D eigenvalue weighted by atomic mass is 35.5. The number of aryl methyl sites for hydroxylation is 1. The molecule has 3 aromatic carbocycles. The molecule has 37 heavy (non-hydrogen) atoms. The van der Waals surface area contributed by atoms with Crippen LogP contribution >= 0.6 is 23.4 Å². The quantitative estimate of drug-likeness (QED) is 0.431. The Morgan fingerprint density at radius 2 is 1.92 bits per heavy atom. The van der Waals surface area contributed by atoms with Gasteiger partial charge in [0.15, 0.2) is 5.17 Å². The van der Waals surface area contributed by atoms with Crippen molar-refractivity contribution in [1.82, 2.24) is 5.01 Å². The van der Waals surface area contributed by atoms with Crippen molar-refractivity contribution in [3.63, 3.8) is 0 Å². The third-order valence-corrected chi connectivity index (χ3v) is 7.55. The summed E-state index contributed by atoms with van der Waals surface area (Å²) >= 11 is 7.56. The number of nitrogens with one attached hydrogen (secondary N) is 1. The molecule has 0 radical (unpaired) electrons. The highest BCUT2D eigenvalue weighted by Gasteiger charge is 2.39. The fourth-order valence-electron chi connectivity index (χ4n) is 4.27. The van der Waals surface area contributed by atoms with Crippen LogP contribution in [0.1, 0.15) is 35.6 Å². The molecule has 7 nitrogen and oxygen atoms in total. The first-order valence-corrected chi connectivity index (χ1v) is 13.1. The van der Waals surface area contributed by atoms with Gasteiger partial charge in [0.2, 0.25) is 5.91 Å². The van der Waals surface area contributed by atoms with E-state index in [1.165, 1.54) is 17.3 Å². The van der Waals surface area contributed by atoms with Crippen molar-refractivity contribution < 1.29 is 14.3 Å². The number of hydrogen-bond donors (Lipinski definition) is 1. The van der Waals surface area contributed by atoms with Gasteiger partial charge in [-0.3, -0.25) is 9.59 Å². The van der Waals surface area contributed by atoms with Crippen LogP contribution in [-0.4, -0.2) is 40.1 Å². The molecular weight excluding hydrogens is 508 g/mol. The van der Waals surface area contributed by atoms with Gasteiger partial charge in [-0.15, -0.1) is 0 Å². The van der Waals surface area contributed by atoms with E-state index in [4.69, 9.17) is 21.4 Å². The number of amides is 2. The molecule has 0 saturated carbocycles. The van der Waals surface area contributed by atoms with Gasteiger partial charge < -0.3 is 10.1 Å². The molecule has 0 aliphatic carbocycles. The molecule has 0 aromatic heterocycles. The molecule has 9 heteroatoms. The maximum atomic E-state index is 12.8. The molecule has 2 heterocycles. The third-order valence-electron chi connectivity index (χ3n) is 6.18. The number of methoxy groups -OCH3 is 1. The predicted octanol–water partition coefficient (Wildman–Crippen LogP) is 5.83. The van der Waals surface area contributed by atoms with Gasteiger partial charge in [-0.2, -0.15) is 10.1 Å². The van der Waals surface area contributed by atoms with E-state index >= 15 is 0 Å². The number of carbonyl (C=O) groups is 2. The van der Waals surface area contributed by atoms with Gasteiger partial charge in [-0.1, -0.05) is 71.4 Å². The molecule has 2 aliphatic rings.